The molecule has 1 saturated heterocycles. The maximum Gasteiger partial charge on any atom is 0.331 e. The van der Waals surface area contributed by atoms with Gasteiger partial charge in [-0.3, -0.25) is 24.2 Å². The molecule has 3 N–H and O–H groups in total. The van der Waals surface area contributed by atoms with Crippen LogP contribution in [-0.4, -0.2) is 81.6 Å². The Morgan fingerprint density at radius 2 is 2.04 bits per heavy atom. The molecule has 0 spiro atoms. The number of piperazine rings is 1. The molecule has 1 aliphatic heterocycles. The Morgan fingerprint density at radius 3 is 2.61 bits per heavy atom. The number of allylic oxidation sites excluding steroid dienone is 1. The van der Waals surface area contributed by atoms with E-state index in [0.29, 0.717) is 18.7 Å². The van der Waals surface area contributed by atoms with E-state index in [1.54, 1.807) is 0 Å². The number of aromatic amines is 1. The van der Waals surface area contributed by atoms with Gasteiger partial charge in [0.05, 0.1) is 12.3 Å². The van der Waals surface area contributed by atoms with E-state index in [1.807, 2.05) is 14.0 Å². The summed E-state index contributed by atoms with van der Waals surface area (Å²) in [6, 6.07) is 0. The van der Waals surface area contributed by atoms with Crippen molar-refractivity contribution in [2.24, 2.45) is 4.99 Å². The minimum absolute atomic E-state index is 0.0492. The highest BCUT2D eigenvalue weighted by Gasteiger charge is 2.19. The molecule has 0 saturated carbocycles. The Bertz CT molecular complexity index is 852. The van der Waals surface area contributed by atoms with Gasteiger partial charge in [0.15, 0.2) is 5.11 Å². The predicted molar refractivity (Wildman–Crippen MR) is 115 cm³/mol. The number of hydrogen-bond donors (Lipinski definition) is 3. The van der Waals surface area contributed by atoms with Gasteiger partial charge in [0, 0.05) is 46.3 Å². The Labute approximate surface area is 169 Å². The summed E-state index contributed by atoms with van der Waals surface area (Å²) in [7, 11) is 1.82. The summed E-state index contributed by atoms with van der Waals surface area (Å²) in [5, 5.41) is 14.2. The lowest BCUT2D eigenvalue weighted by Crippen LogP contribution is -2.51. The molecule has 0 atom stereocenters. The van der Waals surface area contributed by atoms with Gasteiger partial charge in [0.25, 0.3) is 5.56 Å². The molecule has 2 rings (SSSR count). The monoisotopic (exact) mass is 408 g/mol. The second-order valence-corrected chi connectivity index (χ2v) is 6.81. The second kappa shape index (κ2) is 10.2. The summed E-state index contributed by atoms with van der Waals surface area (Å²) >= 11 is 5.26. The van der Waals surface area contributed by atoms with Crippen LogP contribution in [0, 0.1) is 0 Å². The molecule has 0 amide bonds. The third-order valence-corrected chi connectivity index (χ3v) is 5.16. The van der Waals surface area contributed by atoms with Crippen LogP contribution >= 0.6 is 12.2 Å². The van der Waals surface area contributed by atoms with Crippen molar-refractivity contribution >= 4 is 23.0 Å². The van der Waals surface area contributed by atoms with Crippen molar-refractivity contribution in [3.05, 3.63) is 39.1 Å². The van der Waals surface area contributed by atoms with E-state index < -0.39 is 11.2 Å². The fourth-order valence-corrected chi connectivity index (χ4v) is 3.33. The van der Waals surface area contributed by atoms with E-state index in [4.69, 9.17) is 12.2 Å². The number of H-pyrrole nitrogens is 1. The quantitative estimate of drug-likeness (QED) is 0.325. The normalized spacial score (nSPS) is 15.5. The van der Waals surface area contributed by atoms with Crippen molar-refractivity contribution in [3.8, 4) is 5.88 Å². The Kier molecular flexibility index (Phi) is 7.94. The van der Waals surface area contributed by atoms with Gasteiger partial charge in [-0.15, -0.1) is 6.58 Å². The summed E-state index contributed by atoms with van der Waals surface area (Å²) in [5.74, 6) is -0.372. The summed E-state index contributed by atoms with van der Waals surface area (Å²) in [6.07, 6.45) is 1.94. The zero-order valence-electron chi connectivity index (χ0n) is 16.4. The first-order valence-corrected chi connectivity index (χ1v) is 9.73. The number of aliphatic imine (C=N–C) groups is 1. The van der Waals surface area contributed by atoms with Crippen LogP contribution in [0.1, 0.15) is 18.9 Å². The van der Waals surface area contributed by atoms with Crippen LogP contribution in [-0.2, 0) is 6.54 Å². The molecule has 0 radical (unpaired) electrons. The highest BCUT2D eigenvalue weighted by atomic mass is 32.1. The molecule has 1 aliphatic rings. The van der Waals surface area contributed by atoms with E-state index in [9.17, 15) is 14.7 Å². The number of aromatic nitrogens is 2. The lowest BCUT2D eigenvalue weighted by molar-refractivity contribution is 0.186. The topological polar surface area (TPSA) is 106 Å². The first kappa shape index (κ1) is 21.8. The highest BCUT2D eigenvalue weighted by molar-refractivity contribution is 7.80. The standard InChI is InChI=1S/C18H28N6O3S/c1-4-7-24-16(26)14(15(25)21-17(24)27)13(5-2)20-6-8-22-9-11-23(12-10-22)18(28)19-3/h4,26H,1,5-12H2,2-3H3,(H,19,28)(H,21,25,27). The molecule has 1 fully saturated rings. The van der Waals surface area contributed by atoms with Gasteiger partial charge in [-0.05, 0) is 18.6 Å². The van der Waals surface area contributed by atoms with Crippen molar-refractivity contribution in [2.45, 2.75) is 19.9 Å². The number of rotatable bonds is 7. The van der Waals surface area contributed by atoms with Crippen LogP contribution in [0.3, 0.4) is 0 Å². The van der Waals surface area contributed by atoms with Crippen molar-refractivity contribution in [3.63, 3.8) is 0 Å². The van der Waals surface area contributed by atoms with E-state index in [2.05, 4.69) is 31.7 Å². The van der Waals surface area contributed by atoms with Crippen LogP contribution in [0.25, 0.3) is 0 Å². The molecule has 10 heteroatoms. The largest absolute Gasteiger partial charge is 0.494 e. The van der Waals surface area contributed by atoms with Crippen LogP contribution in [0.4, 0.5) is 0 Å². The van der Waals surface area contributed by atoms with E-state index in [-0.39, 0.29) is 18.0 Å². The first-order valence-electron chi connectivity index (χ1n) is 9.32. The van der Waals surface area contributed by atoms with E-state index in [1.165, 1.54) is 6.08 Å². The van der Waals surface area contributed by atoms with Crippen LogP contribution in [0.15, 0.2) is 27.2 Å². The third-order valence-electron chi connectivity index (χ3n) is 4.70. The third kappa shape index (κ3) is 5.08. The van der Waals surface area contributed by atoms with Gasteiger partial charge in [-0.1, -0.05) is 13.0 Å². The molecule has 0 aromatic carbocycles. The average Bonchev–Trinajstić information content (AvgIpc) is 2.69. The summed E-state index contributed by atoms with van der Waals surface area (Å²) in [4.78, 5) is 35.3. The molecule has 1 aromatic heterocycles. The minimum Gasteiger partial charge on any atom is -0.494 e. The number of thiocarbonyl (C=S) groups is 1. The average molecular weight is 409 g/mol. The second-order valence-electron chi connectivity index (χ2n) is 6.42. The summed E-state index contributed by atoms with van der Waals surface area (Å²) < 4.78 is 1.07. The minimum atomic E-state index is -0.668. The Hall–Kier alpha value is -2.46. The Morgan fingerprint density at radius 1 is 1.36 bits per heavy atom. The molecule has 0 unspecified atom stereocenters. The fraction of sp³-hybridized carbons (Fsp3) is 0.556. The molecule has 2 heterocycles. The van der Waals surface area contributed by atoms with Crippen molar-refractivity contribution < 1.29 is 5.11 Å². The zero-order valence-corrected chi connectivity index (χ0v) is 17.2. The van der Waals surface area contributed by atoms with Gasteiger partial charge in [-0.25, -0.2) is 4.79 Å². The van der Waals surface area contributed by atoms with Crippen molar-refractivity contribution in [1.29, 1.82) is 0 Å². The SMILES string of the molecule is C=CCn1c(O)c(C(CC)=NCCN2CCN(C(=S)NC)CC2)c(=O)[nH]c1=O. The maximum atomic E-state index is 12.2. The van der Waals surface area contributed by atoms with Gasteiger partial charge in [0.2, 0.25) is 5.88 Å². The summed E-state index contributed by atoms with van der Waals surface area (Å²) in [6.45, 7) is 10.3. The molecule has 9 nitrogen and oxygen atoms in total. The molecule has 28 heavy (non-hydrogen) atoms. The smallest absolute Gasteiger partial charge is 0.331 e. The number of nitrogens with zero attached hydrogens (tertiary/aromatic N) is 4. The lowest BCUT2D eigenvalue weighted by atomic mass is 10.1. The summed E-state index contributed by atoms with van der Waals surface area (Å²) in [5.41, 5.74) is -0.767. The maximum absolute atomic E-state index is 12.2. The molecular formula is C18H28N6O3S. The molecular weight excluding hydrogens is 380 g/mol. The van der Waals surface area contributed by atoms with E-state index in [0.717, 1.165) is 42.4 Å². The zero-order chi connectivity index (χ0) is 20.7. The number of aromatic hydroxyl groups is 1. The Balaban J connectivity index is 2.08. The van der Waals surface area contributed by atoms with Gasteiger partial charge in [0.1, 0.15) is 5.56 Å². The molecule has 154 valence electrons. The fourth-order valence-electron chi connectivity index (χ4n) is 3.15. The van der Waals surface area contributed by atoms with Gasteiger partial charge < -0.3 is 15.3 Å². The molecule has 0 bridgehead atoms. The number of nitrogens with one attached hydrogen (secondary N) is 2. The van der Waals surface area contributed by atoms with Crippen LogP contribution in [0.2, 0.25) is 0 Å². The van der Waals surface area contributed by atoms with Crippen LogP contribution in [0.5, 0.6) is 5.88 Å². The van der Waals surface area contributed by atoms with Crippen LogP contribution < -0.4 is 16.6 Å². The van der Waals surface area contributed by atoms with Crippen molar-refractivity contribution in [2.75, 3.05) is 46.3 Å². The van der Waals surface area contributed by atoms with Gasteiger partial charge >= 0.3 is 5.69 Å². The molecule has 0 aliphatic carbocycles. The molecule has 1 aromatic rings. The first-order chi connectivity index (χ1) is 13.4. The highest BCUT2D eigenvalue weighted by Crippen LogP contribution is 2.13. The lowest BCUT2D eigenvalue weighted by Gasteiger charge is -2.35. The predicted octanol–water partition coefficient (Wildman–Crippen LogP) is -0.251. The van der Waals surface area contributed by atoms with Gasteiger partial charge in [-0.2, -0.15) is 0 Å². The van der Waals surface area contributed by atoms with E-state index >= 15 is 0 Å². The number of hydrogen-bond acceptors (Lipinski definition) is 6. The van der Waals surface area contributed by atoms with Crippen molar-refractivity contribution in [1.82, 2.24) is 24.7 Å².